The van der Waals surface area contributed by atoms with Crippen LogP contribution in [0.4, 0.5) is 0 Å². The SMILES string of the molecule is CCCC(C)(NC(=O)C1CCCN(S(=O)(=O)Cc2ccccc2)C1)C(=O)O. The van der Waals surface area contributed by atoms with Gasteiger partial charge in [0, 0.05) is 13.1 Å². The average molecular weight is 397 g/mol. The van der Waals surface area contributed by atoms with Crippen LogP contribution in [0.1, 0.15) is 45.1 Å². The topological polar surface area (TPSA) is 104 Å². The highest BCUT2D eigenvalue weighted by atomic mass is 32.2. The van der Waals surface area contributed by atoms with Crippen LogP contribution in [-0.4, -0.2) is 48.3 Å². The van der Waals surface area contributed by atoms with Gasteiger partial charge in [-0.3, -0.25) is 4.79 Å². The number of hydrogen-bond acceptors (Lipinski definition) is 4. The number of aliphatic carboxylic acids is 1. The first-order chi connectivity index (χ1) is 12.7. The molecule has 1 saturated heterocycles. The van der Waals surface area contributed by atoms with Crippen molar-refractivity contribution in [3.63, 3.8) is 0 Å². The molecule has 1 heterocycles. The van der Waals surface area contributed by atoms with Crippen LogP contribution in [0.5, 0.6) is 0 Å². The number of hydrogen-bond donors (Lipinski definition) is 2. The van der Waals surface area contributed by atoms with E-state index in [4.69, 9.17) is 0 Å². The first-order valence-corrected chi connectivity index (χ1v) is 10.9. The third-order valence-corrected chi connectivity index (χ3v) is 6.78. The quantitative estimate of drug-likeness (QED) is 0.699. The molecule has 1 aromatic rings. The molecule has 0 aromatic heterocycles. The van der Waals surface area contributed by atoms with E-state index in [1.54, 1.807) is 24.3 Å². The summed E-state index contributed by atoms with van der Waals surface area (Å²) in [4.78, 5) is 24.2. The molecule has 0 bridgehead atoms. The van der Waals surface area contributed by atoms with Gasteiger partial charge in [-0.2, -0.15) is 0 Å². The first kappa shape index (κ1) is 21.4. The molecule has 2 unspecified atom stereocenters. The van der Waals surface area contributed by atoms with Crippen molar-refractivity contribution in [3.05, 3.63) is 35.9 Å². The van der Waals surface area contributed by atoms with E-state index in [0.717, 1.165) is 0 Å². The van der Waals surface area contributed by atoms with Crippen LogP contribution < -0.4 is 5.32 Å². The van der Waals surface area contributed by atoms with Crippen molar-refractivity contribution in [1.82, 2.24) is 9.62 Å². The number of nitrogens with zero attached hydrogens (tertiary/aromatic N) is 1. The van der Waals surface area contributed by atoms with Gasteiger partial charge in [0.05, 0.1) is 11.7 Å². The molecule has 1 amide bonds. The summed E-state index contributed by atoms with van der Waals surface area (Å²) in [5, 5.41) is 12.1. The lowest BCUT2D eigenvalue weighted by atomic mass is 9.93. The van der Waals surface area contributed by atoms with E-state index in [1.807, 2.05) is 13.0 Å². The molecule has 2 rings (SSSR count). The summed E-state index contributed by atoms with van der Waals surface area (Å²) in [6.07, 6.45) is 2.05. The van der Waals surface area contributed by atoms with Gasteiger partial charge >= 0.3 is 5.97 Å². The van der Waals surface area contributed by atoms with Gasteiger partial charge in [-0.25, -0.2) is 17.5 Å². The summed E-state index contributed by atoms with van der Waals surface area (Å²) in [5.74, 6) is -2.12. The summed E-state index contributed by atoms with van der Waals surface area (Å²) in [7, 11) is -3.54. The van der Waals surface area contributed by atoms with Gasteiger partial charge in [0.2, 0.25) is 15.9 Å². The Bertz CT molecular complexity index is 766. The second kappa shape index (κ2) is 8.84. The normalized spacial score (nSPS) is 20.6. The van der Waals surface area contributed by atoms with E-state index >= 15 is 0 Å². The summed E-state index contributed by atoms with van der Waals surface area (Å²) in [6.45, 7) is 3.81. The number of sulfonamides is 1. The maximum Gasteiger partial charge on any atom is 0.329 e. The van der Waals surface area contributed by atoms with Crippen LogP contribution in [0.3, 0.4) is 0 Å². The van der Waals surface area contributed by atoms with E-state index in [1.165, 1.54) is 11.2 Å². The fourth-order valence-electron chi connectivity index (χ4n) is 3.38. The number of amides is 1. The molecular weight excluding hydrogens is 368 g/mol. The predicted molar refractivity (Wildman–Crippen MR) is 102 cm³/mol. The molecule has 1 aromatic carbocycles. The van der Waals surface area contributed by atoms with Crippen LogP contribution in [0.15, 0.2) is 30.3 Å². The Labute approximate surface area is 160 Å². The Balaban J connectivity index is 2.06. The summed E-state index contributed by atoms with van der Waals surface area (Å²) < 4.78 is 26.8. The van der Waals surface area contributed by atoms with E-state index in [-0.39, 0.29) is 12.3 Å². The van der Waals surface area contributed by atoms with Crippen LogP contribution in [0, 0.1) is 5.92 Å². The molecule has 0 spiro atoms. The molecule has 2 N–H and O–H groups in total. The molecule has 0 aliphatic carbocycles. The molecule has 2 atom stereocenters. The smallest absolute Gasteiger partial charge is 0.329 e. The fraction of sp³-hybridized carbons (Fsp3) is 0.579. The lowest BCUT2D eigenvalue weighted by molar-refractivity contribution is -0.148. The van der Waals surface area contributed by atoms with Crippen LogP contribution in [-0.2, 0) is 25.4 Å². The van der Waals surface area contributed by atoms with E-state index < -0.39 is 33.4 Å². The van der Waals surface area contributed by atoms with E-state index in [2.05, 4.69) is 5.32 Å². The minimum absolute atomic E-state index is 0.0861. The maximum atomic E-state index is 12.7. The highest BCUT2D eigenvalue weighted by Gasteiger charge is 2.38. The number of piperidine rings is 1. The molecule has 1 aliphatic heterocycles. The third kappa shape index (κ3) is 5.52. The van der Waals surface area contributed by atoms with Gasteiger partial charge in [0.1, 0.15) is 5.54 Å². The van der Waals surface area contributed by atoms with Gasteiger partial charge in [-0.05, 0) is 31.7 Å². The summed E-state index contributed by atoms with van der Waals surface area (Å²) >= 11 is 0. The minimum atomic E-state index is -3.54. The Morgan fingerprint density at radius 3 is 2.56 bits per heavy atom. The van der Waals surface area contributed by atoms with Crippen molar-refractivity contribution in [1.29, 1.82) is 0 Å². The van der Waals surface area contributed by atoms with Gasteiger partial charge in [0.25, 0.3) is 0 Å². The molecule has 1 fully saturated rings. The standard InChI is InChI=1S/C19H28N2O5S/c1-3-11-19(2,18(23)24)20-17(22)16-10-7-12-21(13-16)27(25,26)14-15-8-5-4-6-9-15/h4-6,8-9,16H,3,7,10-14H2,1-2H3,(H,20,22)(H,23,24). The zero-order valence-corrected chi connectivity index (χ0v) is 16.7. The number of carbonyl (C=O) groups is 2. The Kier molecular flexibility index (Phi) is 7.00. The molecule has 1 aliphatic rings. The van der Waals surface area contributed by atoms with Crippen LogP contribution in [0.2, 0.25) is 0 Å². The lowest BCUT2D eigenvalue weighted by Crippen LogP contribution is -2.55. The maximum absolute atomic E-state index is 12.7. The lowest BCUT2D eigenvalue weighted by Gasteiger charge is -2.34. The van der Waals surface area contributed by atoms with Crippen LogP contribution in [0.25, 0.3) is 0 Å². The molecule has 7 nitrogen and oxygen atoms in total. The Morgan fingerprint density at radius 2 is 1.96 bits per heavy atom. The second-order valence-electron chi connectivity index (χ2n) is 7.32. The molecule has 27 heavy (non-hydrogen) atoms. The van der Waals surface area contributed by atoms with Crippen molar-refractivity contribution in [2.75, 3.05) is 13.1 Å². The number of carboxylic acid groups (broad SMARTS) is 1. The number of carbonyl (C=O) groups excluding carboxylic acids is 1. The molecule has 0 saturated carbocycles. The molecule has 8 heteroatoms. The van der Waals surface area contributed by atoms with Crippen molar-refractivity contribution in [3.8, 4) is 0 Å². The number of nitrogens with one attached hydrogen (secondary N) is 1. The van der Waals surface area contributed by atoms with Crippen molar-refractivity contribution in [2.24, 2.45) is 5.92 Å². The van der Waals surface area contributed by atoms with Gasteiger partial charge in [0.15, 0.2) is 0 Å². The van der Waals surface area contributed by atoms with Gasteiger partial charge in [-0.1, -0.05) is 43.7 Å². The monoisotopic (exact) mass is 396 g/mol. The van der Waals surface area contributed by atoms with Crippen molar-refractivity contribution in [2.45, 2.75) is 50.8 Å². The van der Waals surface area contributed by atoms with Crippen molar-refractivity contribution < 1.29 is 23.1 Å². The molecule has 150 valence electrons. The van der Waals surface area contributed by atoms with E-state index in [0.29, 0.717) is 37.8 Å². The minimum Gasteiger partial charge on any atom is -0.480 e. The average Bonchev–Trinajstić information content (AvgIpc) is 2.62. The van der Waals surface area contributed by atoms with Crippen molar-refractivity contribution >= 4 is 21.9 Å². The van der Waals surface area contributed by atoms with E-state index in [9.17, 15) is 23.1 Å². The number of benzene rings is 1. The fourth-order valence-corrected chi connectivity index (χ4v) is 4.99. The van der Waals surface area contributed by atoms with Gasteiger partial charge in [-0.15, -0.1) is 0 Å². The summed E-state index contributed by atoms with van der Waals surface area (Å²) in [5.41, 5.74) is -0.637. The Morgan fingerprint density at radius 1 is 1.30 bits per heavy atom. The second-order valence-corrected chi connectivity index (χ2v) is 9.28. The zero-order valence-electron chi connectivity index (χ0n) is 15.8. The number of carboxylic acids is 1. The van der Waals surface area contributed by atoms with Gasteiger partial charge < -0.3 is 10.4 Å². The summed E-state index contributed by atoms with van der Waals surface area (Å²) in [6, 6.07) is 8.92. The highest BCUT2D eigenvalue weighted by Crippen LogP contribution is 2.23. The highest BCUT2D eigenvalue weighted by molar-refractivity contribution is 7.88. The molecular formula is C19H28N2O5S. The third-order valence-electron chi connectivity index (χ3n) is 4.96. The molecule has 0 radical (unpaired) electrons. The van der Waals surface area contributed by atoms with Crippen LogP contribution >= 0.6 is 0 Å². The predicted octanol–water partition coefficient (Wildman–Crippen LogP) is 1.99. The first-order valence-electron chi connectivity index (χ1n) is 9.25. The largest absolute Gasteiger partial charge is 0.480 e. The zero-order chi connectivity index (χ0) is 20.1. The Hall–Kier alpha value is -1.93. The number of rotatable bonds is 8.